The standard InChI is InChI=1S/C23H21NO4S/c1-15-4-2-3-5-16(15)11-23(25)24-12-20-19-10-17(18-8-9-28-14-18)6-7-21(19)29(26,27)22(20)13-24/h2-10,14,20,22H,11-13H2,1H3/t20-,22+/m0/s1. The highest BCUT2D eigenvalue weighted by Gasteiger charge is 2.51. The molecule has 0 radical (unpaired) electrons. The quantitative estimate of drug-likeness (QED) is 0.666. The van der Waals surface area contributed by atoms with E-state index in [4.69, 9.17) is 4.42 Å². The normalized spacial score (nSPS) is 21.8. The maximum absolute atomic E-state index is 13.1. The lowest BCUT2D eigenvalue weighted by atomic mass is 9.95. The number of benzene rings is 2. The van der Waals surface area contributed by atoms with Gasteiger partial charge in [-0.1, -0.05) is 30.3 Å². The highest BCUT2D eigenvalue weighted by Crippen LogP contribution is 2.46. The number of carbonyl (C=O) groups excluding carboxylic acids is 1. The van der Waals surface area contributed by atoms with Crippen molar-refractivity contribution in [1.29, 1.82) is 0 Å². The molecule has 2 aliphatic rings. The van der Waals surface area contributed by atoms with Crippen LogP contribution in [0.25, 0.3) is 11.1 Å². The van der Waals surface area contributed by atoms with Crippen LogP contribution >= 0.6 is 0 Å². The first kappa shape index (κ1) is 18.2. The van der Waals surface area contributed by atoms with E-state index in [-0.39, 0.29) is 18.4 Å². The third-order valence-corrected chi connectivity index (χ3v) is 8.45. The third-order valence-electron chi connectivity index (χ3n) is 6.19. The van der Waals surface area contributed by atoms with Crippen LogP contribution in [0.5, 0.6) is 0 Å². The fraction of sp³-hybridized carbons (Fsp3) is 0.261. The van der Waals surface area contributed by atoms with Crippen molar-refractivity contribution in [2.75, 3.05) is 13.1 Å². The summed E-state index contributed by atoms with van der Waals surface area (Å²) in [6, 6.07) is 15.1. The zero-order valence-electron chi connectivity index (χ0n) is 16.0. The molecule has 0 aliphatic carbocycles. The van der Waals surface area contributed by atoms with E-state index >= 15 is 0 Å². The van der Waals surface area contributed by atoms with Crippen LogP contribution in [-0.2, 0) is 21.1 Å². The van der Waals surface area contributed by atoms with Gasteiger partial charge in [0.25, 0.3) is 0 Å². The first-order valence-electron chi connectivity index (χ1n) is 9.68. The first-order valence-corrected chi connectivity index (χ1v) is 11.2. The van der Waals surface area contributed by atoms with Gasteiger partial charge in [-0.2, -0.15) is 0 Å². The molecule has 0 spiro atoms. The SMILES string of the molecule is Cc1ccccc1CC(=O)N1C[C@@H]2[C@@H](C1)c1cc(-c3ccoc3)ccc1S2(=O)=O. The highest BCUT2D eigenvalue weighted by atomic mass is 32.2. The van der Waals surface area contributed by atoms with Gasteiger partial charge in [-0.15, -0.1) is 0 Å². The number of aryl methyl sites for hydroxylation is 1. The van der Waals surface area contributed by atoms with Crippen molar-refractivity contribution in [3.63, 3.8) is 0 Å². The summed E-state index contributed by atoms with van der Waals surface area (Å²) in [5.74, 6) is -0.195. The average Bonchev–Trinajstić information content (AvgIpc) is 3.42. The minimum Gasteiger partial charge on any atom is -0.472 e. The first-order chi connectivity index (χ1) is 13.9. The number of fused-ring (bicyclic) bond motifs is 3. The molecule has 148 valence electrons. The predicted molar refractivity (Wildman–Crippen MR) is 109 cm³/mol. The minimum atomic E-state index is -3.43. The Morgan fingerprint density at radius 1 is 1.10 bits per heavy atom. The highest BCUT2D eigenvalue weighted by molar-refractivity contribution is 7.92. The zero-order valence-corrected chi connectivity index (χ0v) is 16.9. The van der Waals surface area contributed by atoms with E-state index in [1.165, 1.54) is 0 Å². The maximum Gasteiger partial charge on any atom is 0.227 e. The lowest BCUT2D eigenvalue weighted by molar-refractivity contribution is -0.129. The number of furan rings is 1. The fourth-order valence-corrected chi connectivity index (χ4v) is 6.71. The maximum atomic E-state index is 13.1. The Bertz CT molecular complexity index is 1200. The van der Waals surface area contributed by atoms with Crippen molar-refractivity contribution in [1.82, 2.24) is 4.90 Å². The van der Waals surface area contributed by atoms with Crippen LogP contribution in [0.2, 0.25) is 0 Å². The van der Waals surface area contributed by atoms with Crippen molar-refractivity contribution in [3.05, 3.63) is 77.7 Å². The van der Waals surface area contributed by atoms with E-state index in [0.717, 1.165) is 27.8 Å². The minimum absolute atomic E-state index is 0.0172. The molecular weight excluding hydrogens is 386 g/mol. The van der Waals surface area contributed by atoms with Gasteiger partial charge in [0.1, 0.15) is 0 Å². The summed E-state index contributed by atoms with van der Waals surface area (Å²) < 4.78 is 31.3. The van der Waals surface area contributed by atoms with E-state index in [2.05, 4.69) is 0 Å². The predicted octanol–water partition coefficient (Wildman–Crippen LogP) is 3.58. The third kappa shape index (κ3) is 2.90. The summed E-state index contributed by atoms with van der Waals surface area (Å²) >= 11 is 0. The molecule has 1 amide bonds. The molecule has 5 nitrogen and oxygen atoms in total. The number of rotatable bonds is 3. The fourth-order valence-electron chi connectivity index (χ4n) is 4.54. The number of amides is 1. The van der Waals surface area contributed by atoms with Crippen LogP contribution in [0.4, 0.5) is 0 Å². The smallest absolute Gasteiger partial charge is 0.227 e. The van der Waals surface area contributed by atoms with E-state index in [1.807, 2.05) is 49.4 Å². The van der Waals surface area contributed by atoms with Crippen molar-refractivity contribution >= 4 is 15.7 Å². The molecule has 1 fully saturated rings. The molecular formula is C23H21NO4S. The monoisotopic (exact) mass is 407 g/mol. The van der Waals surface area contributed by atoms with Gasteiger partial charge in [-0.25, -0.2) is 8.42 Å². The molecule has 0 N–H and O–H groups in total. The molecule has 5 rings (SSSR count). The molecule has 2 atom stereocenters. The summed E-state index contributed by atoms with van der Waals surface area (Å²) in [6.07, 6.45) is 3.55. The second-order valence-corrected chi connectivity index (χ2v) is 9.99. The van der Waals surface area contributed by atoms with Crippen molar-refractivity contribution in [3.8, 4) is 11.1 Å². The van der Waals surface area contributed by atoms with Crippen LogP contribution in [0.1, 0.15) is 22.6 Å². The molecule has 2 aromatic carbocycles. The Labute approximate surface area is 169 Å². The number of hydrogen-bond donors (Lipinski definition) is 0. The Balaban J connectivity index is 1.44. The molecule has 0 saturated carbocycles. The Morgan fingerprint density at radius 3 is 2.69 bits per heavy atom. The van der Waals surface area contributed by atoms with Crippen LogP contribution in [-0.4, -0.2) is 37.6 Å². The van der Waals surface area contributed by atoms with Gasteiger partial charge in [0.15, 0.2) is 9.84 Å². The zero-order chi connectivity index (χ0) is 20.2. The second kappa shape index (κ2) is 6.59. The molecule has 29 heavy (non-hydrogen) atoms. The van der Waals surface area contributed by atoms with Crippen LogP contribution in [0, 0.1) is 6.92 Å². The number of likely N-dealkylation sites (tertiary alicyclic amines) is 1. The van der Waals surface area contributed by atoms with Gasteiger partial charge in [0.2, 0.25) is 5.91 Å². The van der Waals surface area contributed by atoms with E-state index < -0.39 is 15.1 Å². The number of sulfone groups is 1. The largest absolute Gasteiger partial charge is 0.472 e. The summed E-state index contributed by atoms with van der Waals surface area (Å²) in [5, 5.41) is -0.557. The molecule has 2 aliphatic heterocycles. The summed E-state index contributed by atoms with van der Waals surface area (Å²) in [6.45, 7) is 2.68. The van der Waals surface area contributed by atoms with Crippen molar-refractivity contribution in [2.45, 2.75) is 29.4 Å². The summed E-state index contributed by atoms with van der Waals surface area (Å²) in [5.41, 5.74) is 4.72. The Morgan fingerprint density at radius 2 is 1.93 bits per heavy atom. The molecule has 0 bridgehead atoms. The second-order valence-electron chi connectivity index (χ2n) is 7.86. The van der Waals surface area contributed by atoms with E-state index in [0.29, 0.717) is 17.9 Å². The molecule has 1 aromatic heterocycles. The summed E-state index contributed by atoms with van der Waals surface area (Å²) in [4.78, 5) is 15.0. The molecule has 6 heteroatoms. The Hall–Kier alpha value is -2.86. The van der Waals surface area contributed by atoms with Gasteiger partial charge in [-0.05, 0) is 47.4 Å². The number of hydrogen-bond acceptors (Lipinski definition) is 4. The van der Waals surface area contributed by atoms with Crippen molar-refractivity contribution < 1.29 is 17.6 Å². The van der Waals surface area contributed by atoms with E-state index in [1.54, 1.807) is 23.5 Å². The van der Waals surface area contributed by atoms with Gasteiger partial charge in [0.05, 0.1) is 29.1 Å². The lowest BCUT2D eigenvalue weighted by Crippen LogP contribution is -2.33. The van der Waals surface area contributed by atoms with Gasteiger partial charge >= 0.3 is 0 Å². The van der Waals surface area contributed by atoms with Crippen molar-refractivity contribution in [2.24, 2.45) is 0 Å². The van der Waals surface area contributed by atoms with Gasteiger partial charge < -0.3 is 9.32 Å². The van der Waals surface area contributed by atoms with Gasteiger partial charge in [-0.3, -0.25) is 4.79 Å². The summed E-state index contributed by atoms with van der Waals surface area (Å²) in [7, 11) is -3.43. The van der Waals surface area contributed by atoms with Gasteiger partial charge in [0, 0.05) is 24.6 Å². The van der Waals surface area contributed by atoms with Crippen LogP contribution in [0.15, 0.2) is 70.4 Å². The van der Waals surface area contributed by atoms with Crippen LogP contribution in [0.3, 0.4) is 0 Å². The molecule has 1 saturated heterocycles. The molecule has 0 unspecified atom stereocenters. The topological polar surface area (TPSA) is 67.6 Å². The molecule has 3 heterocycles. The van der Waals surface area contributed by atoms with Crippen LogP contribution < -0.4 is 0 Å². The lowest BCUT2D eigenvalue weighted by Gasteiger charge is -2.18. The number of nitrogens with zero attached hydrogens (tertiary/aromatic N) is 1. The Kier molecular flexibility index (Phi) is 4.13. The molecule has 3 aromatic rings. The van der Waals surface area contributed by atoms with E-state index in [9.17, 15) is 13.2 Å². The number of carbonyl (C=O) groups is 1. The average molecular weight is 407 g/mol.